The van der Waals surface area contributed by atoms with Gasteiger partial charge in [-0.1, -0.05) is 44.5 Å². The van der Waals surface area contributed by atoms with Crippen LogP contribution < -0.4 is 10.5 Å². The predicted molar refractivity (Wildman–Crippen MR) is 105 cm³/mol. The first-order valence-electron chi connectivity index (χ1n) is 9.13. The van der Waals surface area contributed by atoms with Crippen molar-refractivity contribution < 1.29 is 9.53 Å². The van der Waals surface area contributed by atoms with Gasteiger partial charge < -0.3 is 15.4 Å². The topological polar surface area (TPSA) is 55.6 Å². The van der Waals surface area contributed by atoms with Gasteiger partial charge in [-0.15, -0.1) is 0 Å². The molecule has 0 atom stereocenters. The van der Waals surface area contributed by atoms with Gasteiger partial charge in [0, 0.05) is 18.8 Å². The Morgan fingerprint density at radius 1 is 1.15 bits per heavy atom. The standard InChI is InChI=1S/C22H28N2O2/c1-15-5-8-20(19(11-15)22(2,3)4)26-14-21(25)24-10-9-16-6-7-18(23)12-17(16)13-24/h5-8,11-12H,9-10,13-14,23H2,1-4H3. The molecule has 0 spiro atoms. The fraction of sp³-hybridized carbons (Fsp3) is 0.409. The highest BCUT2D eigenvalue weighted by Crippen LogP contribution is 2.32. The number of nitrogens with two attached hydrogens (primary N) is 1. The number of ether oxygens (including phenoxy) is 1. The number of hydrogen-bond donors (Lipinski definition) is 1. The number of benzene rings is 2. The number of rotatable bonds is 3. The largest absolute Gasteiger partial charge is 0.483 e. The molecule has 0 aliphatic carbocycles. The molecule has 0 unspecified atom stereocenters. The number of amides is 1. The summed E-state index contributed by atoms with van der Waals surface area (Å²) in [4.78, 5) is 14.5. The molecule has 1 heterocycles. The number of anilines is 1. The Hall–Kier alpha value is -2.49. The van der Waals surface area contributed by atoms with Crippen LogP contribution in [0.25, 0.3) is 0 Å². The molecule has 4 heteroatoms. The summed E-state index contributed by atoms with van der Waals surface area (Å²) in [6.07, 6.45) is 0.860. The van der Waals surface area contributed by atoms with E-state index in [9.17, 15) is 4.79 Å². The Kier molecular flexibility index (Phi) is 4.94. The average Bonchev–Trinajstić information content (AvgIpc) is 2.58. The van der Waals surface area contributed by atoms with E-state index in [1.807, 2.05) is 29.2 Å². The quantitative estimate of drug-likeness (QED) is 0.854. The molecule has 1 aliphatic rings. The number of aryl methyl sites for hydroxylation is 1. The lowest BCUT2D eigenvalue weighted by atomic mass is 9.85. The van der Waals surface area contributed by atoms with Crippen molar-refractivity contribution in [3.63, 3.8) is 0 Å². The third kappa shape index (κ3) is 4.01. The Balaban J connectivity index is 1.69. The molecule has 2 aromatic rings. The molecule has 0 saturated heterocycles. The van der Waals surface area contributed by atoms with E-state index in [0.29, 0.717) is 6.54 Å². The number of carbonyl (C=O) groups excluding carboxylic acids is 1. The van der Waals surface area contributed by atoms with Crippen molar-refractivity contribution in [2.75, 3.05) is 18.9 Å². The molecule has 1 aliphatic heterocycles. The first-order chi connectivity index (χ1) is 12.2. The highest BCUT2D eigenvalue weighted by molar-refractivity contribution is 5.78. The molecule has 0 aromatic heterocycles. The van der Waals surface area contributed by atoms with Crippen LogP contribution in [0.15, 0.2) is 36.4 Å². The molecule has 26 heavy (non-hydrogen) atoms. The fourth-order valence-electron chi connectivity index (χ4n) is 3.38. The first-order valence-corrected chi connectivity index (χ1v) is 9.13. The zero-order valence-corrected chi connectivity index (χ0v) is 16.1. The summed E-state index contributed by atoms with van der Waals surface area (Å²) < 4.78 is 5.93. The van der Waals surface area contributed by atoms with E-state index >= 15 is 0 Å². The number of carbonyl (C=O) groups is 1. The first kappa shape index (κ1) is 18.3. The van der Waals surface area contributed by atoms with Crippen LogP contribution in [0.3, 0.4) is 0 Å². The maximum atomic E-state index is 12.7. The van der Waals surface area contributed by atoms with E-state index < -0.39 is 0 Å². The van der Waals surface area contributed by atoms with Crippen LogP contribution in [0.4, 0.5) is 5.69 Å². The molecule has 4 nitrogen and oxygen atoms in total. The van der Waals surface area contributed by atoms with E-state index in [-0.39, 0.29) is 17.9 Å². The smallest absolute Gasteiger partial charge is 0.260 e. The Bertz CT molecular complexity index is 821. The third-order valence-corrected chi connectivity index (χ3v) is 4.89. The van der Waals surface area contributed by atoms with Crippen molar-refractivity contribution >= 4 is 11.6 Å². The monoisotopic (exact) mass is 352 g/mol. The molecule has 0 bridgehead atoms. The van der Waals surface area contributed by atoms with Gasteiger partial charge in [-0.25, -0.2) is 0 Å². The zero-order valence-electron chi connectivity index (χ0n) is 16.1. The van der Waals surface area contributed by atoms with Crippen molar-refractivity contribution in [3.05, 3.63) is 58.7 Å². The minimum atomic E-state index is -0.0357. The molecule has 138 valence electrons. The maximum Gasteiger partial charge on any atom is 0.260 e. The lowest BCUT2D eigenvalue weighted by molar-refractivity contribution is -0.134. The Morgan fingerprint density at radius 2 is 1.92 bits per heavy atom. The lowest BCUT2D eigenvalue weighted by Crippen LogP contribution is -2.39. The van der Waals surface area contributed by atoms with Crippen molar-refractivity contribution in [2.24, 2.45) is 0 Å². The fourth-order valence-corrected chi connectivity index (χ4v) is 3.38. The molecular formula is C22H28N2O2. The number of hydrogen-bond acceptors (Lipinski definition) is 3. The second-order valence-corrected chi connectivity index (χ2v) is 8.13. The minimum Gasteiger partial charge on any atom is -0.483 e. The van der Waals surface area contributed by atoms with E-state index in [4.69, 9.17) is 10.5 Å². The molecule has 0 radical (unpaired) electrons. The van der Waals surface area contributed by atoms with Crippen LogP contribution in [0.2, 0.25) is 0 Å². The second-order valence-electron chi connectivity index (χ2n) is 8.13. The summed E-state index contributed by atoms with van der Waals surface area (Å²) in [7, 11) is 0. The van der Waals surface area contributed by atoms with Gasteiger partial charge in [0.2, 0.25) is 0 Å². The normalized spacial score (nSPS) is 14.1. The zero-order chi connectivity index (χ0) is 18.9. The van der Waals surface area contributed by atoms with Crippen LogP contribution in [0.1, 0.15) is 43.0 Å². The van der Waals surface area contributed by atoms with Crippen LogP contribution in [-0.4, -0.2) is 24.0 Å². The van der Waals surface area contributed by atoms with Gasteiger partial charge in [0.05, 0.1) is 0 Å². The second kappa shape index (κ2) is 7.02. The van der Waals surface area contributed by atoms with Gasteiger partial charge in [0.1, 0.15) is 5.75 Å². The van der Waals surface area contributed by atoms with Gasteiger partial charge >= 0.3 is 0 Å². The van der Waals surface area contributed by atoms with E-state index in [2.05, 4.69) is 39.8 Å². The Morgan fingerprint density at radius 3 is 2.65 bits per heavy atom. The molecule has 0 fully saturated rings. The van der Waals surface area contributed by atoms with E-state index in [1.54, 1.807) is 0 Å². The number of nitrogen functional groups attached to an aromatic ring is 1. The van der Waals surface area contributed by atoms with Crippen LogP contribution in [0, 0.1) is 6.92 Å². The van der Waals surface area contributed by atoms with Crippen molar-refractivity contribution in [1.29, 1.82) is 0 Å². The maximum absolute atomic E-state index is 12.7. The van der Waals surface area contributed by atoms with E-state index in [0.717, 1.165) is 35.5 Å². The molecule has 2 N–H and O–H groups in total. The van der Waals surface area contributed by atoms with Gasteiger partial charge in [0.15, 0.2) is 6.61 Å². The Labute approximate surface area is 156 Å². The van der Waals surface area contributed by atoms with Gasteiger partial charge in [-0.3, -0.25) is 4.79 Å². The SMILES string of the molecule is Cc1ccc(OCC(=O)N2CCc3ccc(N)cc3C2)c(C(C)(C)C)c1. The molecule has 3 rings (SSSR count). The van der Waals surface area contributed by atoms with Crippen molar-refractivity contribution in [2.45, 2.75) is 46.1 Å². The van der Waals surface area contributed by atoms with Crippen molar-refractivity contribution in [1.82, 2.24) is 4.90 Å². The lowest BCUT2D eigenvalue weighted by Gasteiger charge is -2.29. The van der Waals surface area contributed by atoms with Crippen LogP contribution >= 0.6 is 0 Å². The van der Waals surface area contributed by atoms with Gasteiger partial charge in [0.25, 0.3) is 5.91 Å². The molecule has 2 aromatic carbocycles. The van der Waals surface area contributed by atoms with Crippen LogP contribution in [0.5, 0.6) is 5.75 Å². The van der Waals surface area contributed by atoms with Crippen molar-refractivity contribution in [3.8, 4) is 5.75 Å². The summed E-state index contributed by atoms with van der Waals surface area (Å²) in [6.45, 7) is 9.92. The molecule has 0 saturated carbocycles. The number of nitrogens with zero attached hydrogens (tertiary/aromatic N) is 1. The predicted octanol–water partition coefficient (Wildman–Crippen LogP) is 3.84. The number of fused-ring (bicyclic) bond motifs is 1. The third-order valence-electron chi connectivity index (χ3n) is 4.89. The summed E-state index contributed by atoms with van der Waals surface area (Å²) in [5.74, 6) is 0.802. The minimum absolute atomic E-state index is 0.0125. The summed E-state index contributed by atoms with van der Waals surface area (Å²) in [5.41, 5.74) is 11.3. The van der Waals surface area contributed by atoms with E-state index in [1.165, 1.54) is 11.1 Å². The molecular weight excluding hydrogens is 324 g/mol. The van der Waals surface area contributed by atoms with Crippen LogP contribution in [-0.2, 0) is 23.2 Å². The highest BCUT2D eigenvalue weighted by atomic mass is 16.5. The average molecular weight is 352 g/mol. The molecule has 1 amide bonds. The summed E-state index contributed by atoms with van der Waals surface area (Å²) in [5, 5.41) is 0. The van der Waals surface area contributed by atoms with Gasteiger partial charge in [-0.05, 0) is 53.6 Å². The highest BCUT2D eigenvalue weighted by Gasteiger charge is 2.23. The van der Waals surface area contributed by atoms with Gasteiger partial charge in [-0.2, -0.15) is 0 Å². The summed E-state index contributed by atoms with van der Waals surface area (Å²) in [6, 6.07) is 12.1. The summed E-state index contributed by atoms with van der Waals surface area (Å²) >= 11 is 0.